The lowest BCUT2D eigenvalue weighted by atomic mass is 9.41. The van der Waals surface area contributed by atoms with Gasteiger partial charge in [0.2, 0.25) is 0 Å². The molecule has 0 aromatic carbocycles. The van der Waals surface area contributed by atoms with E-state index in [1.54, 1.807) is 0 Å². The summed E-state index contributed by atoms with van der Waals surface area (Å²) in [5, 5.41) is 22.8. The maximum atomic E-state index is 11.9. The van der Waals surface area contributed by atoms with Gasteiger partial charge in [-0.3, -0.25) is 0 Å². The lowest BCUT2D eigenvalue weighted by Crippen LogP contribution is -2.60. The quantitative estimate of drug-likeness (QED) is 0.808. The minimum Gasteiger partial charge on any atom is -0.550 e. The van der Waals surface area contributed by atoms with Gasteiger partial charge in [0.1, 0.15) is 0 Å². The van der Waals surface area contributed by atoms with E-state index in [9.17, 15) is 15.0 Å². The molecule has 0 aromatic heterocycles. The molecular formula is C20H31O3-. The van der Waals surface area contributed by atoms with Gasteiger partial charge in [0.15, 0.2) is 0 Å². The molecule has 3 nitrogen and oxygen atoms in total. The molecule has 0 radical (unpaired) electrons. The number of carboxylic acid groups (broad SMARTS) is 1. The first-order chi connectivity index (χ1) is 10.6. The number of carbonyl (C=O) groups is 1. The van der Waals surface area contributed by atoms with E-state index in [2.05, 4.69) is 6.92 Å². The second kappa shape index (κ2) is 4.53. The standard InChI is InChI=1S/C20H32O3/c1-17-8-4-9-18(2,16(21)22)14(17)7-10-20-11-13(5-6-15(17)20)19(3,23)12-20/h13-15,23H,4-12H2,1-3H3,(H,21,22)/p-1/t13-,14+,15+,17-,18-,19-,20+/m1/s1. The van der Waals surface area contributed by atoms with Crippen LogP contribution in [0, 0.1) is 34.0 Å². The van der Waals surface area contributed by atoms with Crippen LogP contribution in [0.4, 0.5) is 0 Å². The van der Waals surface area contributed by atoms with Crippen LogP contribution in [0.2, 0.25) is 0 Å². The average Bonchev–Trinajstić information content (AvgIpc) is 2.63. The van der Waals surface area contributed by atoms with Crippen LogP contribution in [0.25, 0.3) is 0 Å². The molecule has 4 aliphatic carbocycles. The predicted molar refractivity (Wildman–Crippen MR) is 86.3 cm³/mol. The van der Waals surface area contributed by atoms with Crippen molar-refractivity contribution >= 4 is 5.97 Å². The van der Waals surface area contributed by atoms with Crippen LogP contribution in [0.1, 0.15) is 78.6 Å². The van der Waals surface area contributed by atoms with E-state index >= 15 is 0 Å². The molecule has 0 amide bonds. The third kappa shape index (κ3) is 1.89. The fourth-order valence-electron chi connectivity index (χ4n) is 8.04. The van der Waals surface area contributed by atoms with Gasteiger partial charge in [-0.25, -0.2) is 0 Å². The number of hydrogen-bond donors (Lipinski definition) is 1. The summed E-state index contributed by atoms with van der Waals surface area (Å²) in [7, 11) is 0. The molecule has 23 heavy (non-hydrogen) atoms. The van der Waals surface area contributed by atoms with Crippen molar-refractivity contribution in [3.8, 4) is 0 Å². The van der Waals surface area contributed by atoms with Crippen molar-refractivity contribution < 1.29 is 15.0 Å². The van der Waals surface area contributed by atoms with Crippen molar-refractivity contribution in [2.24, 2.45) is 34.0 Å². The molecule has 0 aliphatic heterocycles. The Bertz CT molecular complexity index is 541. The van der Waals surface area contributed by atoms with Crippen molar-refractivity contribution in [3.05, 3.63) is 0 Å². The van der Waals surface area contributed by atoms with Crippen LogP contribution >= 0.6 is 0 Å². The van der Waals surface area contributed by atoms with Crippen LogP contribution in [-0.4, -0.2) is 16.7 Å². The smallest absolute Gasteiger partial charge is 0.0653 e. The van der Waals surface area contributed by atoms with Crippen molar-refractivity contribution in [1.82, 2.24) is 0 Å². The van der Waals surface area contributed by atoms with E-state index in [0.29, 0.717) is 11.8 Å². The largest absolute Gasteiger partial charge is 0.550 e. The predicted octanol–water partition coefficient (Wildman–Crippen LogP) is 2.90. The van der Waals surface area contributed by atoms with Gasteiger partial charge in [0.05, 0.1) is 5.60 Å². The minimum atomic E-state index is -0.837. The first kappa shape index (κ1) is 15.9. The molecule has 0 saturated heterocycles. The highest BCUT2D eigenvalue weighted by Crippen LogP contribution is 2.72. The summed E-state index contributed by atoms with van der Waals surface area (Å²) < 4.78 is 0. The van der Waals surface area contributed by atoms with Crippen LogP contribution < -0.4 is 5.11 Å². The molecule has 3 heteroatoms. The number of rotatable bonds is 1. The van der Waals surface area contributed by atoms with Gasteiger partial charge in [0.25, 0.3) is 0 Å². The van der Waals surface area contributed by atoms with Crippen molar-refractivity contribution in [2.75, 3.05) is 0 Å². The van der Waals surface area contributed by atoms with Gasteiger partial charge < -0.3 is 15.0 Å². The molecule has 0 unspecified atom stereocenters. The van der Waals surface area contributed by atoms with Crippen LogP contribution in [0.3, 0.4) is 0 Å². The Balaban J connectivity index is 1.74. The highest BCUT2D eigenvalue weighted by atomic mass is 16.4. The Morgan fingerprint density at radius 3 is 2.48 bits per heavy atom. The van der Waals surface area contributed by atoms with Crippen LogP contribution in [-0.2, 0) is 4.79 Å². The van der Waals surface area contributed by atoms with E-state index in [0.717, 1.165) is 51.4 Å². The Morgan fingerprint density at radius 2 is 1.78 bits per heavy atom. The number of carboxylic acids is 1. The molecule has 4 fully saturated rings. The third-order valence-corrected chi connectivity index (χ3v) is 8.96. The molecule has 2 bridgehead atoms. The minimum absolute atomic E-state index is 0.108. The Labute approximate surface area is 139 Å². The zero-order valence-corrected chi connectivity index (χ0v) is 14.9. The number of aliphatic hydroxyl groups is 1. The van der Waals surface area contributed by atoms with Crippen molar-refractivity contribution in [1.29, 1.82) is 0 Å². The summed E-state index contributed by atoms with van der Waals surface area (Å²) in [6, 6.07) is 0. The highest BCUT2D eigenvalue weighted by Gasteiger charge is 2.66. The van der Waals surface area contributed by atoms with Gasteiger partial charge >= 0.3 is 0 Å². The topological polar surface area (TPSA) is 60.4 Å². The molecule has 1 spiro atoms. The Hall–Kier alpha value is -0.570. The van der Waals surface area contributed by atoms with Crippen molar-refractivity contribution in [3.63, 3.8) is 0 Å². The lowest BCUT2D eigenvalue weighted by Gasteiger charge is -2.64. The van der Waals surface area contributed by atoms with Gasteiger partial charge in [-0.1, -0.05) is 20.3 Å². The van der Waals surface area contributed by atoms with Gasteiger partial charge in [-0.2, -0.15) is 0 Å². The maximum absolute atomic E-state index is 11.9. The van der Waals surface area contributed by atoms with E-state index in [4.69, 9.17) is 0 Å². The van der Waals surface area contributed by atoms with Crippen LogP contribution in [0.5, 0.6) is 0 Å². The first-order valence-electron chi connectivity index (χ1n) is 9.58. The van der Waals surface area contributed by atoms with Crippen LogP contribution in [0.15, 0.2) is 0 Å². The second-order valence-corrected chi connectivity index (χ2v) is 10.1. The van der Waals surface area contributed by atoms with E-state index < -0.39 is 17.0 Å². The fourth-order valence-corrected chi connectivity index (χ4v) is 8.04. The first-order valence-corrected chi connectivity index (χ1v) is 9.58. The van der Waals surface area contributed by atoms with E-state index in [1.807, 2.05) is 13.8 Å². The van der Waals surface area contributed by atoms with E-state index in [1.165, 1.54) is 6.42 Å². The molecule has 130 valence electrons. The average molecular weight is 319 g/mol. The summed E-state index contributed by atoms with van der Waals surface area (Å²) in [6.45, 7) is 6.35. The highest BCUT2D eigenvalue weighted by molar-refractivity contribution is 5.72. The molecule has 0 heterocycles. The monoisotopic (exact) mass is 319 g/mol. The summed E-state index contributed by atoms with van der Waals surface area (Å²) in [5.41, 5.74) is -0.796. The Morgan fingerprint density at radius 1 is 1.04 bits per heavy atom. The molecule has 4 aliphatic rings. The van der Waals surface area contributed by atoms with Crippen molar-refractivity contribution in [2.45, 2.75) is 84.2 Å². The molecule has 4 rings (SSSR count). The van der Waals surface area contributed by atoms with Gasteiger partial charge in [0, 0.05) is 11.4 Å². The molecule has 7 atom stereocenters. The summed E-state index contributed by atoms with van der Waals surface area (Å²) in [6.07, 6.45) is 9.42. The number of fused-ring (bicyclic) bond motifs is 3. The number of hydrogen-bond acceptors (Lipinski definition) is 3. The third-order valence-electron chi connectivity index (χ3n) is 8.96. The van der Waals surface area contributed by atoms with E-state index in [-0.39, 0.29) is 16.7 Å². The second-order valence-electron chi connectivity index (χ2n) is 10.1. The van der Waals surface area contributed by atoms with Gasteiger partial charge in [-0.15, -0.1) is 0 Å². The zero-order chi connectivity index (χ0) is 16.7. The molecule has 1 N–H and O–H groups in total. The number of aliphatic carboxylic acids is 1. The van der Waals surface area contributed by atoms with Gasteiger partial charge in [-0.05, 0) is 86.9 Å². The normalized spacial score (nSPS) is 58.3. The SMILES string of the molecule is C[C@@]12CCC[C@@](C)(C(=O)[O-])[C@H]1CC[C@@]13C[C@@H](CC[C@H]12)[C@](C)(O)C3. The Kier molecular flexibility index (Phi) is 3.14. The summed E-state index contributed by atoms with van der Waals surface area (Å²) in [4.78, 5) is 11.9. The summed E-state index contributed by atoms with van der Waals surface area (Å²) >= 11 is 0. The molecule has 0 aromatic rings. The lowest BCUT2D eigenvalue weighted by molar-refractivity contribution is -0.328. The maximum Gasteiger partial charge on any atom is 0.0653 e. The molecule has 4 saturated carbocycles. The summed E-state index contributed by atoms with van der Waals surface area (Å²) in [5.74, 6) is 0.441. The fraction of sp³-hybridized carbons (Fsp3) is 0.950. The molecular weight excluding hydrogens is 288 g/mol. The number of carbonyl (C=O) groups excluding carboxylic acids is 1. The zero-order valence-electron chi connectivity index (χ0n) is 14.9.